The van der Waals surface area contributed by atoms with Crippen molar-refractivity contribution in [3.63, 3.8) is 0 Å². The summed E-state index contributed by atoms with van der Waals surface area (Å²) in [5, 5.41) is 8.09. The van der Waals surface area contributed by atoms with Gasteiger partial charge in [0.2, 0.25) is 0 Å². The molecule has 0 N–H and O–H groups in total. The normalized spacial score (nSPS) is 16.2. The molecular formula is C79H71BN2. The molecule has 0 saturated carbocycles. The number of hydrogen-bond acceptors (Lipinski definition) is 0. The standard InChI is InChI=1S/C79H71BN2/c1-42(2)46-28-31-69-57(34-46)58-36-48(44(5)6)39-67-73(58)81(69)75-61(53-30-29-52(50-20-13-14-21-51(50)53)56-24-19-27-64-70(56)78(11,12)33-32-77(64,9)10)41-66-76-71(75)80(67)68-40-49(45(7)8)37-60-59-35-47(43(3)4)38-65(72(59)82(76)74(60)68)79(66)62-25-17-15-22-54(62)55-23-16-18-26-63(55)79/h13-31,34-45H,32-33H2,1-12H3. The number of rotatable bonds is 6. The van der Waals surface area contributed by atoms with Crippen LogP contribution in [-0.2, 0) is 16.2 Å². The molecule has 5 heterocycles. The molecule has 82 heavy (non-hydrogen) atoms. The molecule has 5 aliphatic rings. The van der Waals surface area contributed by atoms with E-state index in [1.165, 1.54) is 178 Å². The summed E-state index contributed by atoms with van der Waals surface area (Å²) in [5.41, 5.74) is 34.1. The first kappa shape index (κ1) is 48.8. The molecule has 0 atom stereocenters. The van der Waals surface area contributed by atoms with Crippen molar-refractivity contribution < 1.29 is 0 Å². The highest BCUT2D eigenvalue weighted by atomic mass is 15.1. The van der Waals surface area contributed by atoms with Crippen molar-refractivity contribution >= 4 is 77.5 Å². The quantitative estimate of drug-likeness (QED) is 0.147. The summed E-state index contributed by atoms with van der Waals surface area (Å²) in [7, 11) is 0. The van der Waals surface area contributed by atoms with E-state index in [9.17, 15) is 0 Å². The van der Waals surface area contributed by atoms with Crippen LogP contribution in [0, 0.1) is 0 Å². The van der Waals surface area contributed by atoms with E-state index in [1.54, 1.807) is 0 Å². The van der Waals surface area contributed by atoms with E-state index < -0.39 is 5.41 Å². The average molecular weight is 1060 g/mol. The lowest BCUT2D eigenvalue weighted by Gasteiger charge is -2.45. The van der Waals surface area contributed by atoms with E-state index in [0.717, 1.165) is 6.42 Å². The van der Waals surface area contributed by atoms with Crippen LogP contribution >= 0.6 is 0 Å². The molecule has 1 spiro atoms. The number of aromatic nitrogens is 2. The Morgan fingerprint density at radius 2 is 0.854 bits per heavy atom. The first-order valence-corrected chi connectivity index (χ1v) is 30.9. The zero-order valence-electron chi connectivity index (χ0n) is 49.8. The van der Waals surface area contributed by atoms with Crippen molar-refractivity contribution in [3.05, 3.63) is 219 Å². The van der Waals surface area contributed by atoms with Gasteiger partial charge in [-0.15, -0.1) is 0 Å². The van der Waals surface area contributed by atoms with Crippen LogP contribution < -0.4 is 16.4 Å². The second-order valence-electron chi connectivity index (χ2n) is 28.1. The van der Waals surface area contributed by atoms with Crippen LogP contribution in [0.2, 0.25) is 0 Å². The second-order valence-corrected chi connectivity index (χ2v) is 28.1. The van der Waals surface area contributed by atoms with Crippen molar-refractivity contribution in [3.8, 4) is 44.8 Å². The Hall–Kier alpha value is -7.88. The van der Waals surface area contributed by atoms with Crippen LogP contribution in [0.15, 0.2) is 164 Å². The summed E-state index contributed by atoms with van der Waals surface area (Å²) in [6.07, 6.45) is 2.35. The Balaban J connectivity index is 1.12. The molecule has 400 valence electrons. The van der Waals surface area contributed by atoms with Gasteiger partial charge in [-0.25, -0.2) is 0 Å². The highest BCUT2D eigenvalue weighted by molar-refractivity contribution is 7.00. The zero-order valence-corrected chi connectivity index (χ0v) is 49.8. The number of benzene rings is 10. The maximum Gasteiger partial charge on any atom is 0.252 e. The monoisotopic (exact) mass is 1060 g/mol. The molecule has 0 unspecified atom stereocenters. The van der Waals surface area contributed by atoms with E-state index in [4.69, 9.17) is 0 Å². The highest BCUT2D eigenvalue weighted by Gasteiger charge is 2.55. The fraction of sp³-hybridized carbons (Fsp3) is 0.266. The van der Waals surface area contributed by atoms with Crippen molar-refractivity contribution in [2.45, 2.75) is 136 Å². The molecule has 2 aromatic heterocycles. The fourth-order valence-corrected chi connectivity index (χ4v) is 17.2. The van der Waals surface area contributed by atoms with Crippen LogP contribution in [0.4, 0.5) is 0 Å². The molecule has 3 heteroatoms. The van der Waals surface area contributed by atoms with Gasteiger partial charge in [0.25, 0.3) is 6.71 Å². The van der Waals surface area contributed by atoms with Crippen LogP contribution in [0.5, 0.6) is 0 Å². The van der Waals surface area contributed by atoms with Crippen LogP contribution in [0.25, 0.3) is 99.1 Å². The fourth-order valence-electron chi connectivity index (χ4n) is 17.2. The Morgan fingerprint density at radius 3 is 1.48 bits per heavy atom. The molecule has 0 fully saturated rings. The lowest BCUT2D eigenvalue weighted by Crippen LogP contribution is -2.61. The predicted octanol–water partition coefficient (Wildman–Crippen LogP) is 19.0. The van der Waals surface area contributed by atoms with Gasteiger partial charge in [0.15, 0.2) is 0 Å². The molecule has 0 saturated heterocycles. The lowest BCUT2D eigenvalue weighted by atomic mass is 9.33. The summed E-state index contributed by atoms with van der Waals surface area (Å²) in [4.78, 5) is 0. The number of fused-ring (bicyclic) bond motifs is 16. The molecule has 2 aliphatic carbocycles. The minimum Gasteiger partial charge on any atom is -0.310 e. The van der Waals surface area contributed by atoms with Crippen molar-refractivity contribution in [1.82, 2.24) is 9.13 Å². The summed E-state index contributed by atoms with van der Waals surface area (Å²) in [6, 6.07) is 66.6. The third-order valence-corrected chi connectivity index (χ3v) is 21.4. The molecule has 17 rings (SSSR count). The van der Waals surface area contributed by atoms with Gasteiger partial charge in [0, 0.05) is 43.8 Å². The van der Waals surface area contributed by atoms with Gasteiger partial charge in [-0.05, 0) is 194 Å². The first-order valence-electron chi connectivity index (χ1n) is 30.9. The van der Waals surface area contributed by atoms with Crippen molar-refractivity contribution in [2.75, 3.05) is 0 Å². The zero-order chi connectivity index (χ0) is 55.9. The Bertz CT molecular complexity index is 4840. The smallest absolute Gasteiger partial charge is 0.252 e. The largest absolute Gasteiger partial charge is 0.310 e. The van der Waals surface area contributed by atoms with Crippen molar-refractivity contribution in [1.29, 1.82) is 0 Å². The average Bonchev–Trinajstić information content (AvgIpc) is 1.45. The Labute approximate surface area is 483 Å². The van der Waals surface area contributed by atoms with Gasteiger partial charge in [0.1, 0.15) is 0 Å². The van der Waals surface area contributed by atoms with Crippen molar-refractivity contribution in [2.24, 2.45) is 0 Å². The van der Waals surface area contributed by atoms with Gasteiger partial charge in [-0.2, -0.15) is 0 Å². The van der Waals surface area contributed by atoms with Gasteiger partial charge in [0.05, 0.1) is 22.1 Å². The molecular weight excluding hydrogens is 988 g/mol. The molecule has 12 aromatic rings. The molecule has 0 amide bonds. The highest BCUT2D eigenvalue weighted by Crippen LogP contribution is 2.63. The first-order chi connectivity index (χ1) is 39.5. The summed E-state index contributed by atoms with van der Waals surface area (Å²) < 4.78 is 5.61. The van der Waals surface area contributed by atoms with Gasteiger partial charge in [-0.1, -0.05) is 210 Å². The maximum atomic E-state index is 2.83. The van der Waals surface area contributed by atoms with E-state index in [0.29, 0.717) is 23.7 Å². The third-order valence-electron chi connectivity index (χ3n) is 21.4. The number of nitrogens with zero attached hydrogens (tertiary/aromatic N) is 2. The number of hydrogen-bond donors (Lipinski definition) is 0. The second kappa shape index (κ2) is 16.2. The SMILES string of the molecule is CC(C)c1ccc2c(c1)c1cc(C(C)C)cc3c1n2-c1c(-c2ccc(-c4cccc5c4C(C)(C)CCC5(C)C)c4ccccc24)cc2c4c1B3c1cc(C(C)C)cc3c5cc(C(C)C)cc(c5n-4c13)C21c2ccccc2-c2ccccc21. The lowest BCUT2D eigenvalue weighted by molar-refractivity contribution is 0.333. The van der Waals surface area contributed by atoms with E-state index in [1.807, 2.05) is 0 Å². The maximum absolute atomic E-state index is 2.83. The van der Waals surface area contributed by atoms with Gasteiger partial charge < -0.3 is 9.13 Å². The molecule has 2 nitrogen and oxygen atoms in total. The molecule has 0 bridgehead atoms. The molecule has 0 radical (unpaired) electrons. The summed E-state index contributed by atoms with van der Waals surface area (Å²) >= 11 is 0. The predicted molar refractivity (Wildman–Crippen MR) is 351 cm³/mol. The molecule has 3 aliphatic heterocycles. The summed E-state index contributed by atoms with van der Waals surface area (Å²) in [5.74, 6) is 1.40. The van der Waals surface area contributed by atoms with Gasteiger partial charge >= 0.3 is 0 Å². The van der Waals surface area contributed by atoms with E-state index >= 15 is 0 Å². The minimum absolute atomic E-state index is 0.0358. The Morgan fingerprint density at radius 1 is 0.354 bits per heavy atom. The summed E-state index contributed by atoms with van der Waals surface area (Å²) in [6.45, 7) is 29.0. The Kier molecular flexibility index (Phi) is 9.65. The van der Waals surface area contributed by atoms with E-state index in [2.05, 4.69) is 256 Å². The van der Waals surface area contributed by atoms with E-state index in [-0.39, 0.29) is 17.5 Å². The van der Waals surface area contributed by atoms with Gasteiger partial charge in [-0.3, -0.25) is 0 Å². The minimum atomic E-state index is -0.625. The van der Waals surface area contributed by atoms with Crippen LogP contribution in [0.3, 0.4) is 0 Å². The topological polar surface area (TPSA) is 9.86 Å². The third kappa shape index (κ3) is 5.93. The molecule has 10 aromatic carbocycles. The van der Waals surface area contributed by atoms with Crippen LogP contribution in [0.1, 0.15) is 175 Å². The van der Waals surface area contributed by atoms with Crippen LogP contribution in [-0.4, -0.2) is 15.8 Å².